The number of aromatic amines is 1. The van der Waals surface area contributed by atoms with Crippen LogP contribution in [0.1, 0.15) is 50.9 Å². The molecule has 1 N–H and O–H groups in total. The van der Waals surface area contributed by atoms with E-state index in [1.807, 2.05) is 31.2 Å². The summed E-state index contributed by atoms with van der Waals surface area (Å²) >= 11 is 0. The van der Waals surface area contributed by atoms with Crippen LogP contribution in [0.2, 0.25) is 0 Å². The summed E-state index contributed by atoms with van der Waals surface area (Å²) in [5.41, 5.74) is 0.692. The number of aryl methyl sites for hydroxylation is 1. The Morgan fingerprint density at radius 2 is 1.88 bits per heavy atom. The number of fused-ring (bicyclic) bond motifs is 1. The molecule has 32 heavy (non-hydrogen) atoms. The van der Waals surface area contributed by atoms with Crippen LogP contribution in [0.15, 0.2) is 33.9 Å². The lowest BCUT2D eigenvalue weighted by molar-refractivity contribution is -0.0582. The Balaban J connectivity index is 1.56. The normalized spacial score (nSPS) is 16.8. The lowest BCUT2D eigenvalue weighted by Crippen LogP contribution is -2.39. The van der Waals surface area contributed by atoms with Crippen LogP contribution in [0.4, 0.5) is 8.78 Å². The van der Waals surface area contributed by atoms with Gasteiger partial charge in [-0.3, -0.25) is 13.9 Å². The SMILES string of the molecule is CCn1c(=O)c2[nH]c(/C=C/c3cccc(OC4CCC(F)(F)CC4)c3)nc2n(CC)c1=O. The Bertz CT molecular complexity index is 1260. The Hall–Kier alpha value is -3.23. The number of H-pyrrole nitrogens is 1. The van der Waals surface area contributed by atoms with Crippen molar-refractivity contribution in [2.45, 2.75) is 64.6 Å². The van der Waals surface area contributed by atoms with Crippen LogP contribution in [0.3, 0.4) is 0 Å². The minimum Gasteiger partial charge on any atom is -0.490 e. The number of nitrogens with one attached hydrogen (secondary N) is 1. The van der Waals surface area contributed by atoms with E-state index in [0.717, 1.165) is 5.56 Å². The highest BCUT2D eigenvalue weighted by atomic mass is 19.3. The van der Waals surface area contributed by atoms with E-state index in [4.69, 9.17) is 4.74 Å². The van der Waals surface area contributed by atoms with Gasteiger partial charge in [0.2, 0.25) is 5.92 Å². The molecular weight excluding hydrogens is 418 g/mol. The van der Waals surface area contributed by atoms with Crippen LogP contribution in [0.5, 0.6) is 5.75 Å². The molecule has 1 saturated carbocycles. The van der Waals surface area contributed by atoms with Crippen molar-refractivity contribution in [2.75, 3.05) is 0 Å². The van der Waals surface area contributed by atoms with Gasteiger partial charge in [-0.05, 0) is 50.5 Å². The maximum Gasteiger partial charge on any atom is 0.332 e. The van der Waals surface area contributed by atoms with E-state index in [1.165, 1.54) is 9.13 Å². The Morgan fingerprint density at radius 1 is 1.16 bits per heavy atom. The summed E-state index contributed by atoms with van der Waals surface area (Å²) in [6.45, 7) is 4.26. The largest absolute Gasteiger partial charge is 0.490 e. The van der Waals surface area contributed by atoms with Gasteiger partial charge in [0.05, 0.1) is 6.10 Å². The summed E-state index contributed by atoms with van der Waals surface area (Å²) in [6, 6.07) is 7.35. The van der Waals surface area contributed by atoms with Crippen LogP contribution in [0.25, 0.3) is 23.3 Å². The number of ether oxygens (including phenoxy) is 1. The van der Waals surface area contributed by atoms with Gasteiger partial charge >= 0.3 is 5.69 Å². The molecule has 1 aromatic carbocycles. The zero-order valence-electron chi connectivity index (χ0n) is 18.1. The van der Waals surface area contributed by atoms with Crippen molar-refractivity contribution in [1.29, 1.82) is 0 Å². The topological polar surface area (TPSA) is 81.9 Å². The van der Waals surface area contributed by atoms with Crippen molar-refractivity contribution in [3.05, 3.63) is 56.5 Å². The van der Waals surface area contributed by atoms with Crippen molar-refractivity contribution in [3.8, 4) is 5.75 Å². The molecule has 7 nitrogen and oxygen atoms in total. The summed E-state index contributed by atoms with van der Waals surface area (Å²) in [5.74, 6) is -1.51. The highest BCUT2D eigenvalue weighted by Gasteiger charge is 2.35. The van der Waals surface area contributed by atoms with Crippen LogP contribution < -0.4 is 16.0 Å². The van der Waals surface area contributed by atoms with Gasteiger partial charge in [-0.1, -0.05) is 18.2 Å². The molecule has 2 aromatic heterocycles. The standard InChI is InChI=1S/C23H26F2N4O3/c1-3-28-20-19(21(30)29(4-2)22(28)31)26-18(27-20)9-8-15-6-5-7-17(14-15)32-16-10-12-23(24,25)13-11-16/h5-9,14,16H,3-4,10-13H2,1-2H3,(H,26,27)/b9-8+. The monoisotopic (exact) mass is 444 g/mol. The number of alkyl halides is 2. The number of imidazole rings is 1. The molecule has 0 atom stereocenters. The first-order chi connectivity index (χ1) is 15.3. The van der Waals surface area contributed by atoms with E-state index < -0.39 is 11.5 Å². The van der Waals surface area contributed by atoms with Crippen LogP contribution in [0, 0.1) is 0 Å². The predicted octanol–water partition coefficient (Wildman–Crippen LogP) is 4.05. The minimum absolute atomic E-state index is 0.147. The number of hydrogen-bond donors (Lipinski definition) is 1. The average molecular weight is 444 g/mol. The van der Waals surface area contributed by atoms with Gasteiger partial charge in [0.25, 0.3) is 5.56 Å². The molecule has 2 heterocycles. The number of benzene rings is 1. The molecule has 0 spiro atoms. The smallest absolute Gasteiger partial charge is 0.332 e. The molecule has 1 fully saturated rings. The molecule has 0 amide bonds. The van der Waals surface area contributed by atoms with Gasteiger partial charge < -0.3 is 9.72 Å². The number of rotatable bonds is 6. The quantitative estimate of drug-likeness (QED) is 0.622. The van der Waals surface area contributed by atoms with E-state index >= 15 is 0 Å². The van der Waals surface area contributed by atoms with Crippen molar-refractivity contribution in [1.82, 2.24) is 19.1 Å². The second-order valence-corrected chi connectivity index (χ2v) is 7.98. The van der Waals surface area contributed by atoms with E-state index in [2.05, 4.69) is 9.97 Å². The van der Waals surface area contributed by atoms with E-state index in [1.54, 1.807) is 19.1 Å². The first kappa shape index (κ1) is 22.0. The second kappa shape index (κ2) is 8.72. The summed E-state index contributed by atoms with van der Waals surface area (Å²) < 4.78 is 35.2. The molecule has 3 aromatic rings. The van der Waals surface area contributed by atoms with Gasteiger partial charge in [-0.2, -0.15) is 0 Å². The third kappa shape index (κ3) is 4.37. The molecule has 0 bridgehead atoms. The first-order valence-electron chi connectivity index (χ1n) is 10.9. The Morgan fingerprint density at radius 3 is 2.56 bits per heavy atom. The molecule has 9 heteroatoms. The highest BCUT2D eigenvalue weighted by Crippen LogP contribution is 2.34. The maximum atomic E-state index is 13.3. The molecule has 0 saturated heterocycles. The number of nitrogens with zero attached hydrogens (tertiary/aromatic N) is 3. The third-order valence-corrected chi connectivity index (χ3v) is 5.77. The molecule has 1 aliphatic rings. The minimum atomic E-state index is -2.58. The molecule has 0 unspecified atom stereocenters. The summed E-state index contributed by atoms with van der Waals surface area (Å²) in [6.07, 6.45) is 3.70. The fraction of sp³-hybridized carbons (Fsp3) is 0.435. The van der Waals surface area contributed by atoms with Crippen molar-refractivity contribution in [2.24, 2.45) is 0 Å². The number of aromatic nitrogens is 4. The fourth-order valence-electron chi connectivity index (χ4n) is 4.02. The number of hydrogen-bond acceptors (Lipinski definition) is 4. The van der Waals surface area contributed by atoms with Gasteiger partial charge in [-0.15, -0.1) is 0 Å². The summed E-state index contributed by atoms with van der Waals surface area (Å²) in [4.78, 5) is 32.5. The van der Waals surface area contributed by atoms with Crippen LogP contribution in [-0.4, -0.2) is 31.1 Å². The average Bonchev–Trinajstić information content (AvgIpc) is 3.19. The first-order valence-corrected chi connectivity index (χ1v) is 10.9. The maximum absolute atomic E-state index is 13.3. The zero-order chi connectivity index (χ0) is 22.9. The van der Waals surface area contributed by atoms with E-state index in [0.29, 0.717) is 42.1 Å². The Kier molecular flexibility index (Phi) is 5.99. The Labute approximate surface area is 183 Å². The molecule has 0 radical (unpaired) electrons. The van der Waals surface area contributed by atoms with Crippen molar-refractivity contribution in [3.63, 3.8) is 0 Å². The second-order valence-electron chi connectivity index (χ2n) is 7.98. The van der Waals surface area contributed by atoms with Gasteiger partial charge in [0.15, 0.2) is 5.65 Å². The van der Waals surface area contributed by atoms with Gasteiger partial charge in [0, 0.05) is 25.9 Å². The van der Waals surface area contributed by atoms with Gasteiger partial charge in [0.1, 0.15) is 17.1 Å². The van der Waals surface area contributed by atoms with Crippen LogP contribution >= 0.6 is 0 Å². The van der Waals surface area contributed by atoms with Crippen molar-refractivity contribution < 1.29 is 13.5 Å². The van der Waals surface area contributed by atoms with E-state index in [-0.39, 0.29) is 31.2 Å². The fourth-order valence-corrected chi connectivity index (χ4v) is 4.02. The van der Waals surface area contributed by atoms with E-state index in [9.17, 15) is 18.4 Å². The number of halogens is 2. The molecular formula is C23H26F2N4O3. The molecule has 1 aliphatic carbocycles. The molecule has 4 rings (SSSR count). The zero-order valence-corrected chi connectivity index (χ0v) is 18.1. The molecule has 0 aliphatic heterocycles. The summed E-state index contributed by atoms with van der Waals surface area (Å²) in [7, 11) is 0. The van der Waals surface area contributed by atoms with Crippen LogP contribution in [-0.2, 0) is 13.1 Å². The van der Waals surface area contributed by atoms with Crippen molar-refractivity contribution >= 4 is 23.3 Å². The third-order valence-electron chi connectivity index (χ3n) is 5.77. The van der Waals surface area contributed by atoms with Gasteiger partial charge in [-0.25, -0.2) is 18.6 Å². The lowest BCUT2D eigenvalue weighted by Gasteiger charge is -2.28. The lowest BCUT2D eigenvalue weighted by atomic mass is 9.94. The summed E-state index contributed by atoms with van der Waals surface area (Å²) in [5, 5.41) is 0. The predicted molar refractivity (Wildman–Crippen MR) is 119 cm³/mol. The highest BCUT2D eigenvalue weighted by molar-refractivity contribution is 5.75. The molecule has 170 valence electrons.